The second kappa shape index (κ2) is 2.27. The van der Waals surface area contributed by atoms with Crippen molar-refractivity contribution in [2.75, 3.05) is 0 Å². The van der Waals surface area contributed by atoms with Crippen LogP contribution < -0.4 is 0 Å². The maximum atomic E-state index is 3.91. The number of hydrogen-bond acceptors (Lipinski definition) is 1. The van der Waals surface area contributed by atoms with E-state index in [1.807, 2.05) is 30.5 Å². The zero-order valence-corrected chi connectivity index (χ0v) is 6.20. The minimum atomic E-state index is 1.02. The molecule has 0 N–H and O–H groups in total. The van der Waals surface area contributed by atoms with Crippen LogP contribution in [0.5, 0.6) is 0 Å². The predicted octanol–water partition coefficient (Wildman–Crippen LogP) is 2.34. The van der Waals surface area contributed by atoms with Crippen LogP contribution in [0.3, 0.4) is 0 Å². The molecule has 2 heterocycles. The van der Waals surface area contributed by atoms with Gasteiger partial charge in [0, 0.05) is 17.6 Å². The Hall–Kier alpha value is -1.50. The molecule has 0 unspecified atom stereocenters. The summed E-state index contributed by atoms with van der Waals surface area (Å²) in [6.07, 6.45) is 14.2. The van der Waals surface area contributed by atoms with Gasteiger partial charge in [-0.3, -0.25) is 0 Å². The quantitative estimate of drug-likeness (QED) is 0.503. The smallest absolute Gasteiger partial charge is 0.0455 e. The molecule has 0 atom stereocenters. The van der Waals surface area contributed by atoms with Crippen molar-refractivity contribution < 1.29 is 0 Å². The summed E-state index contributed by atoms with van der Waals surface area (Å²) >= 11 is 0. The van der Waals surface area contributed by atoms with Crippen molar-refractivity contribution in [3.63, 3.8) is 0 Å². The molecule has 0 saturated heterocycles. The van der Waals surface area contributed by atoms with Crippen molar-refractivity contribution in [3.05, 3.63) is 60.6 Å². The average molecular weight is 143 g/mol. The van der Waals surface area contributed by atoms with Crippen LogP contribution in [0.2, 0.25) is 0 Å². The first kappa shape index (κ1) is 6.23. The highest BCUT2D eigenvalue weighted by molar-refractivity contribution is 5.41. The summed E-state index contributed by atoms with van der Waals surface area (Å²) in [6, 6.07) is 0. The van der Waals surface area contributed by atoms with Gasteiger partial charge in [0.15, 0.2) is 0 Å². The van der Waals surface area contributed by atoms with Crippen LogP contribution in [0.25, 0.3) is 0 Å². The van der Waals surface area contributed by atoms with Crippen LogP contribution in [-0.2, 0) is 0 Å². The lowest BCUT2D eigenvalue weighted by molar-refractivity contribution is 0.605. The number of hydrogen-bond donors (Lipinski definition) is 0. The highest BCUT2D eigenvalue weighted by Crippen LogP contribution is 2.21. The van der Waals surface area contributed by atoms with Crippen molar-refractivity contribution >= 4 is 0 Å². The SMILES string of the molecule is C=C1C=CC=C2C=CC=CN12. The fourth-order valence-corrected chi connectivity index (χ4v) is 1.19. The van der Waals surface area contributed by atoms with Crippen LogP contribution in [0, 0.1) is 0 Å². The second-order valence-corrected chi connectivity index (χ2v) is 2.51. The van der Waals surface area contributed by atoms with Gasteiger partial charge in [0.1, 0.15) is 0 Å². The summed E-state index contributed by atoms with van der Waals surface area (Å²) in [6.45, 7) is 3.91. The molecule has 0 aromatic rings. The molecule has 1 heteroatoms. The lowest BCUT2D eigenvalue weighted by atomic mass is 10.2. The van der Waals surface area contributed by atoms with Gasteiger partial charge in [-0.25, -0.2) is 0 Å². The Labute approximate surface area is 66.3 Å². The number of nitrogens with zero attached hydrogens (tertiary/aromatic N) is 1. The molecule has 0 spiro atoms. The highest BCUT2D eigenvalue weighted by atomic mass is 15.1. The Bertz CT molecular complexity index is 303. The number of rotatable bonds is 0. The molecule has 0 aliphatic carbocycles. The highest BCUT2D eigenvalue weighted by Gasteiger charge is 2.09. The molecule has 0 bridgehead atoms. The van der Waals surface area contributed by atoms with Crippen molar-refractivity contribution in [2.45, 2.75) is 0 Å². The molecule has 2 aliphatic heterocycles. The summed E-state index contributed by atoms with van der Waals surface area (Å²) in [5.74, 6) is 0. The van der Waals surface area contributed by atoms with Gasteiger partial charge in [0.05, 0.1) is 0 Å². The van der Waals surface area contributed by atoms with Crippen molar-refractivity contribution in [1.29, 1.82) is 0 Å². The molecule has 0 aromatic carbocycles. The zero-order chi connectivity index (χ0) is 7.68. The molecule has 54 valence electrons. The largest absolute Gasteiger partial charge is 0.318 e. The van der Waals surface area contributed by atoms with E-state index in [-0.39, 0.29) is 0 Å². The summed E-state index contributed by atoms with van der Waals surface area (Å²) in [5.41, 5.74) is 2.20. The van der Waals surface area contributed by atoms with E-state index in [9.17, 15) is 0 Å². The standard InChI is InChI=1S/C10H9N/c1-9-5-4-7-10-6-2-3-8-11(9)10/h2-8H,1H2. The first-order valence-corrected chi connectivity index (χ1v) is 3.59. The second-order valence-electron chi connectivity index (χ2n) is 2.51. The van der Waals surface area contributed by atoms with E-state index in [2.05, 4.69) is 23.6 Å². The Kier molecular flexibility index (Phi) is 1.29. The minimum Gasteiger partial charge on any atom is -0.318 e. The molecule has 2 rings (SSSR count). The van der Waals surface area contributed by atoms with Crippen LogP contribution in [-0.4, -0.2) is 4.90 Å². The molecule has 0 fully saturated rings. The Balaban J connectivity index is 2.43. The van der Waals surface area contributed by atoms with E-state index in [0.717, 1.165) is 5.70 Å². The van der Waals surface area contributed by atoms with E-state index >= 15 is 0 Å². The van der Waals surface area contributed by atoms with Crippen LogP contribution >= 0.6 is 0 Å². The van der Waals surface area contributed by atoms with Gasteiger partial charge in [0.25, 0.3) is 0 Å². The van der Waals surface area contributed by atoms with Crippen LogP contribution in [0.1, 0.15) is 0 Å². The molecule has 2 aliphatic rings. The fourth-order valence-electron chi connectivity index (χ4n) is 1.19. The summed E-state index contributed by atoms with van der Waals surface area (Å²) < 4.78 is 0. The van der Waals surface area contributed by atoms with E-state index in [4.69, 9.17) is 0 Å². The third kappa shape index (κ3) is 0.944. The van der Waals surface area contributed by atoms with Gasteiger partial charge in [-0.2, -0.15) is 0 Å². The van der Waals surface area contributed by atoms with E-state index in [0.29, 0.717) is 0 Å². The lowest BCUT2D eigenvalue weighted by Gasteiger charge is -2.25. The first-order chi connectivity index (χ1) is 5.38. The molecular weight excluding hydrogens is 134 g/mol. The molecule has 1 nitrogen and oxygen atoms in total. The molecule has 0 aromatic heterocycles. The predicted molar refractivity (Wildman–Crippen MR) is 46.5 cm³/mol. The fraction of sp³-hybridized carbons (Fsp3) is 0. The summed E-state index contributed by atoms with van der Waals surface area (Å²) in [7, 11) is 0. The monoisotopic (exact) mass is 143 g/mol. The van der Waals surface area contributed by atoms with E-state index in [1.54, 1.807) is 0 Å². The normalized spacial score (nSPS) is 20.2. The average Bonchev–Trinajstić information content (AvgIpc) is 2.06. The van der Waals surface area contributed by atoms with Gasteiger partial charge < -0.3 is 4.90 Å². The van der Waals surface area contributed by atoms with Crippen molar-refractivity contribution in [2.24, 2.45) is 0 Å². The van der Waals surface area contributed by atoms with Crippen molar-refractivity contribution in [3.8, 4) is 0 Å². The zero-order valence-electron chi connectivity index (χ0n) is 6.20. The maximum Gasteiger partial charge on any atom is 0.0455 e. The Morgan fingerprint density at radius 3 is 2.82 bits per heavy atom. The lowest BCUT2D eigenvalue weighted by Crippen LogP contribution is -2.16. The maximum absolute atomic E-state index is 3.91. The van der Waals surface area contributed by atoms with Gasteiger partial charge in [0.2, 0.25) is 0 Å². The van der Waals surface area contributed by atoms with Gasteiger partial charge in [-0.05, 0) is 24.3 Å². The summed E-state index contributed by atoms with van der Waals surface area (Å²) in [4.78, 5) is 2.06. The Morgan fingerprint density at radius 2 is 2.00 bits per heavy atom. The summed E-state index contributed by atoms with van der Waals surface area (Å²) in [5, 5.41) is 0. The molecule has 0 radical (unpaired) electrons. The van der Waals surface area contributed by atoms with Gasteiger partial charge >= 0.3 is 0 Å². The van der Waals surface area contributed by atoms with E-state index in [1.165, 1.54) is 5.70 Å². The topological polar surface area (TPSA) is 3.24 Å². The van der Waals surface area contributed by atoms with Crippen molar-refractivity contribution in [1.82, 2.24) is 4.90 Å². The minimum absolute atomic E-state index is 1.02. The molecular formula is C10H9N. The number of allylic oxidation sites excluding steroid dienone is 6. The van der Waals surface area contributed by atoms with E-state index < -0.39 is 0 Å². The van der Waals surface area contributed by atoms with Crippen LogP contribution in [0.4, 0.5) is 0 Å². The van der Waals surface area contributed by atoms with Crippen LogP contribution in [0.15, 0.2) is 60.6 Å². The third-order valence-corrected chi connectivity index (χ3v) is 1.76. The van der Waals surface area contributed by atoms with Gasteiger partial charge in [-0.1, -0.05) is 18.7 Å². The molecule has 11 heavy (non-hydrogen) atoms. The molecule has 0 saturated carbocycles. The molecule has 0 amide bonds. The third-order valence-electron chi connectivity index (χ3n) is 1.76. The Morgan fingerprint density at radius 1 is 1.09 bits per heavy atom. The first-order valence-electron chi connectivity index (χ1n) is 3.59. The number of fused-ring (bicyclic) bond motifs is 1. The van der Waals surface area contributed by atoms with Gasteiger partial charge in [-0.15, -0.1) is 0 Å².